The molecule has 4 atom stereocenters. The molecule has 2 aliphatic carbocycles. The van der Waals surface area contributed by atoms with Crippen molar-refractivity contribution in [1.29, 1.82) is 0 Å². The quantitative estimate of drug-likeness (QED) is 0.743. The zero-order valence-corrected chi connectivity index (χ0v) is 10.9. The number of hydrogen-bond acceptors (Lipinski definition) is 2. The minimum Gasteiger partial charge on any atom is -0.393 e. The van der Waals surface area contributed by atoms with Crippen molar-refractivity contribution in [2.75, 3.05) is 20.1 Å². The molecule has 0 spiro atoms. The lowest BCUT2D eigenvalue weighted by atomic mass is 9.97. The number of hydrogen-bond donors (Lipinski definition) is 1. The highest BCUT2D eigenvalue weighted by molar-refractivity contribution is 4.85. The van der Waals surface area contributed by atoms with Gasteiger partial charge in [0.1, 0.15) is 0 Å². The smallest absolute Gasteiger partial charge is 0.0580 e. The molecule has 0 bridgehead atoms. The van der Waals surface area contributed by atoms with Gasteiger partial charge in [-0.1, -0.05) is 26.2 Å². The van der Waals surface area contributed by atoms with Gasteiger partial charge in [0.05, 0.1) is 6.10 Å². The van der Waals surface area contributed by atoms with Gasteiger partial charge >= 0.3 is 0 Å². The largest absolute Gasteiger partial charge is 0.393 e. The molecule has 2 nitrogen and oxygen atoms in total. The number of aliphatic hydroxyl groups excluding tert-OH is 1. The van der Waals surface area contributed by atoms with Crippen molar-refractivity contribution in [2.45, 2.75) is 51.6 Å². The monoisotopic (exact) mass is 225 g/mol. The van der Waals surface area contributed by atoms with Crippen LogP contribution >= 0.6 is 0 Å². The van der Waals surface area contributed by atoms with Crippen molar-refractivity contribution in [2.24, 2.45) is 17.8 Å². The molecule has 0 saturated heterocycles. The van der Waals surface area contributed by atoms with Crippen molar-refractivity contribution in [3.8, 4) is 0 Å². The van der Waals surface area contributed by atoms with E-state index >= 15 is 0 Å². The standard InChI is InChI=1S/C14H27NO/c1-11-8-13(11)10-15(2)9-12-6-4-3-5-7-14(12)16/h11-14,16H,3-10H2,1-2H3. The summed E-state index contributed by atoms with van der Waals surface area (Å²) in [7, 11) is 2.22. The van der Waals surface area contributed by atoms with Crippen LogP contribution < -0.4 is 0 Å². The van der Waals surface area contributed by atoms with E-state index in [4.69, 9.17) is 0 Å². The third-order valence-corrected chi connectivity index (χ3v) is 4.49. The van der Waals surface area contributed by atoms with Crippen LogP contribution in [0.5, 0.6) is 0 Å². The lowest BCUT2D eigenvalue weighted by Crippen LogP contribution is -2.33. The molecular weight excluding hydrogens is 198 g/mol. The van der Waals surface area contributed by atoms with Crippen LogP contribution in [0.1, 0.15) is 45.4 Å². The molecule has 0 amide bonds. The molecule has 2 rings (SSSR count). The first-order valence-corrected chi connectivity index (χ1v) is 7.03. The highest BCUT2D eigenvalue weighted by Gasteiger charge is 2.33. The number of nitrogens with zero attached hydrogens (tertiary/aromatic N) is 1. The molecule has 94 valence electrons. The summed E-state index contributed by atoms with van der Waals surface area (Å²) < 4.78 is 0. The fourth-order valence-electron chi connectivity index (χ4n) is 3.11. The highest BCUT2D eigenvalue weighted by Crippen LogP contribution is 2.38. The molecule has 0 aromatic carbocycles. The van der Waals surface area contributed by atoms with Crippen LogP contribution in [0.3, 0.4) is 0 Å². The average Bonchev–Trinajstić information content (AvgIpc) is 2.94. The normalized spacial score (nSPS) is 39.8. The minimum atomic E-state index is -0.0402. The van der Waals surface area contributed by atoms with E-state index in [1.54, 1.807) is 0 Å². The molecule has 0 aromatic rings. The van der Waals surface area contributed by atoms with Crippen molar-refractivity contribution in [3.05, 3.63) is 0 Å². The summed E-state index contributed by atoms with van der Waals surface area (Å²) >= 11 is 0. The molecule has 4 unspecified atom stereocenters. The van der Waals surface area contributed by atoms with Gasteiger partial charge in [0, 0.05) is 13.1 Å². The fourth-order valence-corrected chi connectivity index (χ4v) is 3.11. The summed E-state index contributed by atoms with van der Waals surface area (Å²) in [5, 5.41) is 10.1. The van der Waals surface area contributed by atoms with Gasteiger partial charge in [-0.05, 0) is 44.1 Å². The number of rotatable bonds is 4. The summed E-state index contributed by atoms with van der Waals surface area (Å²) in [5.41, 5.74) is 0. The second-order valence-corrected chi connectivity index (χ2v) is 6.16. The van der Waals surface area contributed by atoms with E-state index in [2.05, 4.69) is 18.9 Å². The van der Waals surface area contributed by atoms with E-state index in [0.29, 0.717) is 5.92 Å². The molecule has 0 radical (unpaired) electrons. The maximum absolute atomic E-state index is 10.1. The van der Waals surface area contributed by atoms with Gasteiger partial charge in [0.2, 0.25) is 0 Å². The van der Waals surface area contributed by atoms with E-state index < -0.39 is 0 Å². The Hall–Kier alpha value is -0.0800. The topological polar surface area (TPSA) is 23.5 Å². The first-order valence-electron chi connectivity index (χ1n) is 7.03. The summed E-state index contributed by atoms with van der Waals surface area (Å²) in [6, 6.07) is 0. The van der Waals surface area contributed by atoms with Gasteiger partial charge in [-0.25, -0.2) is 0 Å². The van der Waals surface area contributed by atoms with E-state index in [-0.39, 0.29) is 6.10 Å². The average molecular weight is 225 g/mol. The Balaban J connectivity index is 1.73. The van der Waals surface area contributed by atoms with Crippen molar-refractivity contribution in [1.82, 2.24) is 4.90 Å². The maximum Gasteiger partial charge on any atom is 0.0580 e. The fraction of sp³-hybridized carbons (Fsp3) is 1.00. The molecule has 2 heteroatoms. The highest BCUT2D eigenvalue weighted by atomic mass is 16.3. The van der Waals surface area contributed by atoms with Gasteiger partial charge in [-0.2, -0.15) is 0 Å². The Morgan fingerprint density at radius 2 is 1.69 bits per heavy atom. The van der Waals surface area contributed by atoms with Crippen molar-refractivity contribution < 1.29 is 5.11 Å². The van der Waals surface area contributed by atoms with Crippen LogP contribution in [0.25, 0.3) is 0 Å². The van der Waals surface area contributed by atoms with E-state index in [9.17, 15) is 5.11 Å². The summed E-state index contributed by atoms with van der Waals surface area (Å²) in [6.07, 6.45) is 7.48. The summed E-state index contributed by atoms with van der Waals surface area (Å²) in [5.74, 6) is 2.41. The second kappa shape index (κ2) is 5.50. The Labute approximate surface area is 100 Å². The second-order valence-electron chi connectivity index (χ2n) is 6.16. The Kier molecular flexibility index (Phi) is 4.26. The van der Waals surface area contributed by atoms with Crippen molar-refractivity contribution >= 4 is 0 Å². The van der Waals surface area contributed by atoms with Crippen LogP contribution in [0, 0.1) is 17.8 Å². The zero-order chi connectivity index (χ0) is 11.5. The van der Waals surface area contributed by atoms with Gasteiger partial charge < -0.3 is 10.0 Å². The lowest BCUT2D eigenvalue weighted by molar-refractivity contribution is 0.0783. The Morgan fingerprint density at radius 1 is 1.06 bits per heavy atom. The van der Waals surface area contributed by atoms with Crippen molar-refractivity contribution in [3.63, 3.8) is 0 Å². The van der Waals surface area contributed by atoms with Gasteiger partial charge in [0.15, 0.2) is 0 Å². The predicted octanol–water partition coefficient (Wildman–Crippen LogP) is 2.52. The van der Waals surface area contributed by atoms with Crippen LogP contribution in [0.15, 0.2) is 0 Å². The molecule has 2 saturated carbocycles. The van der Waals surface area contributed by atoms with Gasteiger partial charge in [-0.3, -0.25) is 0 Å². The molecule has 0 aromatic heterocycles. The molecule has 0 aliphatic heterocycles. The predicted molar refractivity (Wildman–Crippen MR) is 67.3 cm³/mol. The molecule has 2 fully saturated rings. The first kappa shape index (κ1) is 12.4. The molecule has 0 heterocycles. The minimum absolute atomic E-state index is 0.0402. The Bertz CT molecular complexity index is 219. The Morgan fingerprint density at radius 3 is 2.38 bits per heavy atom. The summed E-state index contributed by atoms with van der Waals surface area (Å²) in [6.45, 7) is 4.69. The van der Waals surface area contributed by atoms with Crippen LogP contribution in [0.4, 0.5) is 0 Å². The SMILES string of the molecule is CC1CC1CN(C)CC1CCCCCC1O. The van der Waals surface area contributed by atoms with E-state index in [1.807, 2.05) is 0 Å². The van der Waals surface area contributed by atoms with E-state index in [1.165, 1.54) is 38.6 Å². The molecule has 2 aliphatic rings. The van der Waals surface area contributed by atoms with Crippen LogP contribution in [-0.4, -0.2) is 36.2 Å². The molecule has 16 heavy (non-hydrogen) atoms. The number of aliphatic hydroxyl groups is 1. The van der Waals surface area contributed by atoms with Crippen LogP contribution in [0.2, 0.25) is 0 Å². The van der Waals surface area contributed by atoms with Crippen LogP contribution in [-0.2, 0) is 0 Å². The van der Waals surface area contributed by atoms with E-state index in [0.717, 1.165) is 24.8 Å². The third kappa shape index (κ3) is 3.46. The van der Waals surface area contributed by atoms with Gasteiger partial charge in [0.25, 0.3) is 0 Å². The third-order valence-electron chi connectivity index (χ3n) is 4.49. The first-order chi connectivity index (χ1) is 7.66. The maximum atomic E-state index is 10.1. The van der Waals surface area contributed by atoms with Gasteiger partial charge in [-0.15, -0.1) is 0 Å². The molecular formula is C14H27NO. The zero-order valence-electron chi connectivity index (χ0n) is 10.9. The lowest BCUT2D eigenvalue weighted by Gasteiger charge is -2.26. The molecule has 1 N–H and O–H groups in total. The summed E-state index contributed by atoms with van der Waals surface area (Å²) in [4.78, 5) is 2.45.